The van der Waals surface area contributed by atoms with Gasteiger partial charge < -0.3 is 10.1 Å². The number of hydrogen-bond donors (Lipinski definition) is 1. The molecule has 0 radical (unpaired) electrons. The number of methoxy groups -OCH3 is 1. The average Bonchev–Trinajstić information content (AvgIpc) is 2.65. The molecule has 0 amide bonds. The number of piperazine rings is 1. The third kappa shape index (κ3) is 5.89. The minimum absolute atomic E-state index is 0.0694. The zero-order valence-electron chi connectivity index (χ0n) is 16.1. The molecule has 2 rings (SSSR count). The highest BCUT2D eigenvalue weighted by Gasteiger charge is 2.29. The van der Waals surface area contributed by atoms with Gasteiger partial charge in [0.2, 0.25) is 20.0 Å². The van der Waals surface area contributed by atoms with Gasteiger partial charge in [0.05, 0.1) is 17.8 Å². The van der Waals surface area contributed by atoms with Gasteiger partial charge in [-0.3, -0.25) is 0 Å². The van der Waals surface area contributed by atoms with Crippen LogP contribution in [0.3, 0.4) is 0 Å². The van der Waals surface area contributed by atoms with Crippen molar-refractivity contribution in [3.05, 3.63) is 24.3 Å². The molecule has 27 heavy (non-hydrogen) atoms. The van der Waals surface area contributed by atoms with E-state index in [-0.39, 0.29) is 29.7 Å². The normalized spacial score (nSPS) is 16.8. The zero-order chi connectivity index (χ0) is 20.1. The lowest BCUT2D eigenvalue weighted by Gasteiger charge is -2.29. The Balaban J connectivity index is 2.18. The fraction of sp³-hybridized carbons (Fsp3) is 0.647. The second-order valence-corrected chi connectivity index (χ2v) is 10.9. The number of nitrogens with zero attached hydrogens (tertiary/aromatic N) is 2. The molecule has 1 saturated heterocycles. The summed E-state index contributed by atoms with van der Waals surface area (Å²) in [5.41, 5.74) is 0. The lowest BCUT2D eigenvalue weighted by Crippen LogP contribution is -2.48. The summed E-state index contributed by atoms with van der Waals surface area (Å²) in [5, 5.41) is 3.11. The highest BCUT2D eigenvalue weighted by atomic mass is 32.2. The first kappa shape index (κ1) is 22.1. The van der Waals surface area contributed by atoms with Gasteiger partial charge in [-0.15, -0.1) is 0 Å². The number of benzene rings is 1. The van der Waals surface area contributed by atoms with Crippen LogP contribution in [0, 0.1) is 5.92 Å². The molecule has 154 valence electrons. The summed E-state index contributed by atoms with van der Waals surface area (Å²) in [6.07, 6.45) is 0. The van der Waals surface area contributed by atoms with E-state index in [0.29, 0.717) is 31.9 Å². The van der Waals surface area contributed by atoms with E-state index >= 15 is 0 Å². The Bertz CT molecular complexity index is 801. The molecule has 0 bridgehead atoms. The van der Waals surface area contributed by atoms with Crippen molar-refractivity contribution in [2.45, 2.75) is 18.7 Å². The van der Waals surface area contributed by atoms with E-state index in [4.69, 9.17) is 4.74 Å². The van der Waals surface area contributed by atoms with Gasteiger partial charge in [0.25, 0.3) is 0 Å². The van der Waals surface area contributed by atoms with Crippen molar-refractivity contribution in [1.82, 2.24) is 13.9 Å². The summed E-state index contributed by atoms with van der Waals surface area (Å²) < 4.78 is 59.0. The molecule has 1 N–H and O–H groups in total. The predicted molar refractivity (Wildman–Crippen MR) is 105 cm³/mol. The molecule has 8 nitrogen and oxygen atoms in total. The minimum Gasteiger partial charge on any atom is -0.497 e. The molecule has 1 aromatic rings. The first-order valence-corrected chi connectivity index (χ1v) is 12.0. The molecule has 0 atom stereocenters. The third-order valence-corrected chi connectivity index (χ3v) is 8.06. The molecule has 1 aromatic carbocycles. The van der Waals surface area contributed by atoms with Gasteiger partial charge in [0.15, 0.2) is 0 Å². The first-order valence-electron chi connectivity index (χ1n) is 8.99. The first-order chi connectivity index (χ1) is 12.7. The predicted octanol–water partition coefficient (Wildman–Crippen LogP) is 0.577. The van der Waals surface area contributed by atoms with Crippen LogP contribution < -0.4 is 10.1 Å². The maximum absolute atomic E-state index is 13.0. The number of hydrogen-bond acceptors (Lipinski definition) is 6. The average molecular weight is 420 g/mol. The SMILES string of the molecule is COc1ccc(S(=O)(=O)N(CCS(=O)(=O)N2CCNCC2)CC(C)C)cc1. The van der Waals surface area contributed by atoms with E-state index in [2.05, 4.69) is 5.32 Å². The number of sulfonamides is 2. The summed E-state index contributed by atoms with van der Waals surface area (Å²) in [4.78, 5) is 0.128. The second-order valence-electron chi connectivity index (χ2n) is 6.90. The topological polar surface area (TPSA) is 96.0 Å². The zero-order valence-corrected chi connectivity index (χ0v) is 17.7. The van der Waals surface area contributed by atoms with Gasteiger partial charge in [-0.05, 0) is 30.2 Å². The number of ether oxygens (including phenoxy) is 1. The largest absolute Gasteiger partial charge is 0.497 e. The van der Waals surface area contributed by atoms with E-state index in [1.54, 1.807) is 12.1 Å². The van der Waals surface area contributed by atoms with Crippen LogP contribution in [0.25, 0.3) is 0 Å². The number of rotatable bonds is 9. The van der Waals surface area contributed by atoms with Crippen LogP contribution >= 0.6 is 0 Å². The van der Waals surface area contributed by atoms with Crippen LogP contribution in [0.4, 0.5) is 0 Å². The Morgan fingerprint density at radius 3 is 2.22 bits per heavy atom. The summed E-state index contributed by atoms with van der Waals surface area (Å²) in [7, 11) is -5.78. The summed E-state index contributed by atoms with van der Waals surface area (Å²) in [6, 6.07) is 6.12. The lowest BCUT2D eigenvalue weighted by atomic mass is 10.2. The van der Waals surface area contributed by atoms with E-state index in [1.807, 2.05) is 13.8 Å². The molecule has 1 aliphatic heterocycles. The Morgan fingerprint density at radius 2 is 1.70 bits per heavy atom. The van der Waals surface area contributed by atoms with Crippen molar-refractivity contribution in [1.29, 1.82) is 0 Å². The van der Waals surface area contributed by atoms with Crippen LogP contribution in [-0.2, 0) is 20.0 Å². The van der Waals surface area contributed by atoms with Gasteiger partial charge in [-0.25, -0.2) is 16.8 Å². The Labute approximate surface area is 162 Å². The summed E-state index contributed by atoms with van der Waals surface area (Å²) >= 11 is 0. The van der Waals surface area contributed by atoms with Crippen molar-refractivity contribution in [2.24, 2.45) is 5.92 Å². The highest BCUT2D eigenvalue weighted by Crippen LogP contribution is 2.21. The maximum Gasteiger partial charge on any atom is 0.243 e. The van der Waals surface area contributed by atoms with Gasteiger partial charge in [0.1, 0.15) is 5.75 Å². The molecule has 0 aliphatic carbocycles. The van der Waals surface area contributed by atoms with Gasteiger partial charge >= 0.3 is 0 Å². The van der Waals surface area contributed by atoms with Crippen molar-refractivity contribution in [3.63, 3.8) is 0 Å². The molecular formula is C17H29N3O5S2. The molecule has 1 aliphatic rings. The smallest absolute Gasteiger partial charge is 0.243 e. The maximum atomic E-state index is 13.0. The van der Waals surface area contributed by atoms with Crippen molar-refractivity contribution < 1.29 is 21.6 Å². The van der Waals surface area contributed by atoms with Crippen LogP contribution in [0.5, 0.6) is 5.75 Å². The number of nitrogens with one attached hydrogen (secondary N) is 1. The van der Waals surface area contributed by atoms with Crippen molar-refractivity contribution in [2.75, 3.05) is 52.1 Å². The molecule has 1 heterocycles. The summed E-state index contributed by atoms with van der Waals surface area (Å²) in [5.74, 6) is 0.403. The van der Waals surface area contributed by atoms with Gasteiger partial charge in [0, 0.05) is 39.3 Å². The lowest BCUT2D eigenvalue weighted by molar-refractivity contribution is 0.351. The van der Waals surface area contributed by atoms with Crippen LogP contribution in [0.1, 0.15) is 13.8 Å². The van der Waals surface area contributed by atoms with Crippen LogP contribution in [-0.4, -0.2) is 77.6 Å². The third-order valence-electron chi connectivity index (χ3n) is 4.33. The fourth-order valence-electron chi connectivity index (χ4n) is 2.88. The molecule has 0 unspecified atom stereocenters. The van der Waals surface area contributed by atoms with Crippen LogP contribution in [0.15, 0.2) is 29.2 Å². The van der Waals surface area contributed by atoms with Crippen molar-refractivity contribution >= 4 is 20.0 Å². The monoisotopic (exact) mass is 419 g/mol. The van der Waals surface area contributed by atoms with E-state index < -0.39 is 20.0 Å². The summed E-state index contributed by atoms with van der Waals surface area (Å²) in [6.45, 7) is 6.04. The molecule has 1 fully saturated rings. The van der Waals surface area contributed by atoms with E-state index in [9.17, 15) is 16.8 Å². The molecule has 0 spiro atoms. The quantitative estimate of drug-likeness (QED) is 0.629. The molecule has 0 aromatic heterocycles. The Hall–Kier alpha value is -1.20. The van der Waals surface area contributed by atoms with Gasteiger partial charge in [-0.2, -0.15) is 8.61 Å². The molecule has 0 saturated carbocycles. The molecule has 10 heteroatoms. The Morgan fingerprint density at radius 1 is 1.11 bits per heavy atom. The highest BCUT2D eigenvalue weighted by molar-refractivity contribution is 7.90. The second kappa shape index (κ2) is 9.33. The van der Waals surface area contributed by atoms with E-state index in [1.165, 1.54) is 27.9 Å². The van der Waals surface area contributed by atoms with Crippen molar-refractivity contribution in [3.8, 4) is 5.75 Å². The minimum atomic E-state index is -3.79. The Kier molecular flexibility index (Phi) is 7.64. The van der Waals surface area contributed by atoms with Gasteiger partial charge in [-0.1, -0.05) is 13.8 Å². The standard InChI is InChI=1S/C17H29N3O5S2/c1-15(2)14-20(12-13-26(21,22)19-10-8-18-9-11-19)27(23,24)17-6-4-16(25-3)5-7-17/h4-7,15,18H,8-14H2,1-3H3. The van der Waals surface area contributed by atoms with Crippen LogP contribution in [0.2, 0.25) is 0 Å². The molecular weight excluding hydrogens is 390 g/mol. The fourth-order valence-corrected chi connectivity index (χ4v) is 6.05. The van der Waals surface area contributed by atoms with E-state index in [0.717, 1.165) is 0 Å².